The predicted molar refractivity (Wildman–Crippen MR) is 83.1 cm³/mol. The van der Waals surface area contributed by atoms with E-state index in [2.05, 4.69) is 57.5 Å². The summed E-state index contributed by atoms with van der Waals surface area (Å²) in [5.74, 6) is 0.937. The molecule has 0 amide bonds. The van der Waals surface area contributed by atoms with E-state index in [0.29, 0.717) is 5.41 Å². The minimum Gasteiger partial charge on any atom is -0.317 e. The van der Waals surface area contributed by atoms with E-state index in [1.807, 2.05) is 0 Å². The van der Waals surface area contributed by atoms with Crippen LogP contribution in [0.15, 0.2) is 28.7 Å². The molecule has 2 fully saturated rings. The summed E-state index contributed by atoms with van der Waals surface area (Å²) in [6.07, 6.45) is 4.24. The van der Waals surface area contributed by atoms with Crippen LogP contribution >= 0.6 is 15.9 Å². The number of piperidine rings is 1. The first-order valence-electron chi connectivity index (χ1n) is 7.32. The van der Waals surface area contributed by atoms with Gasteiger partial charge in [-0.25, -0.2) is 0 Å². The summed E-state index contributed by atoms with van der Waals surface area (Å²) in [4.78, 5) is 2.49. The molecule has 0 radical (unpaired) electrons. The van der Waals surface area contributed by atoms with Gasteiger partial charge in [-0.3, -0.25) is 0 Å². The lowest BCUT2D eigenvalue weighted by Gasteiger charge is -2.25. The van der Waals surface area contributed by atoms with Crippen molar-refractivity contribution in [1.82, 2.24) is 10.2 Å². The van der Waals surface area contributed by atoms with Crippen molar-refractivity contribution in [1.29, 1.82) is 0 Å². The Morgan fingerprint density at radius 3 is 2.89 bits per heavy atom. The molecule has 1 heterocycles. The molecule has 1 spiro atoms. The van der Waals surface area contributed by atoms with Gasteiger partial charge in [0.1, 0.15) is 0 Å². The Hall–Kier alpha value is -0.380. The maximum atomic E-state index is 3.55. The molecule has 0 bridgehead atoms. The molecule has 1 aliphatic heterocycles. The lowest BCUT2D eigenvalue weighted by atomic mass is 9.92. The van der Waals surface area contributed by atoms with Crippen LogP contribution in [0.2, 0.25) is 0 Å². The van der Waals surface area contributed by atoms with Gasteiger partial charge in [-0.05, 0) is 68.4 Å². The monoisotopic (exact) mass is 322 g/mol. The zero-order valence-electron chi connectivity index (χ0n) is 11.7. The van der Waals surface area contributed by atoms with Gasteiger partial charge in [0, 0.05) is 17.6 Å². The number of nitrogens with one attached hydrogen (secondary N) is 1. The molecule has 1 aromatic rings. The standard InChI is InChI=1S/C16H23BrN2/c1-19(11-13-3-2-4-15(17)9-13)12-14-10-16(14)5-7-18-8-6-16/h2-4,9,14,18H,5-8,10-12H2,1H3. The Morgan fingerprint density at radius 1 is 1.37 bits per heavy atom. The van der Waals surface area contributed by atoms with E-state index in [9.17, 15) is 0 Å². The highest BCUT2D eigenvalue weighted by atomic mass is 79.9. The quantitative estimate of drug-likeness (QED) is 0.915. The molecule has 1 saturated heterocycles. The van der Waals surface area contributed by atoms with Crippen LogP contribution in [0.5, 0.6) is 0 Å². The molecule has 19 heavy (non-hydrogen) atoms. The highest BCUT2D eigenvalue weighted by molar-refractivity contribution is 9.10. The number of rotatable bonds is 4. The maximum Gasteiger partial charge on any atom is 0.0231 e. The van der Waals surface area contributed by atoms with Crippen molar-refractivity contribution in [2.75, 3.05) is 26.7 Å². The molecule has 1 unspecified atom stereocenters. The zero-order valence-corrected chi connectivity index (χ0v) is 13.2. The molecule has 2 nitrogen and oxygen atoms in total. The van der Waals surface area contributed by atoms with Crippen LogP contribution in [0.3, 0.4) is 0 Å². The van der Waals surface area contributed by atoms with Crippen LogP contribution < -0.4 is 5.32 Å². The third-order valence-corrected chi connectivity index (χ3v) is 5.32. The highest BCUT2D eigenvalue weighted by Crippen LogP contribution is 2.58. The summed E-state index contributed by atoms with van der Waals surface area (Å²) in [6, 6.07) is 8.66. The molecule has 104 valence electrons. The molecule has 3 heteroatoms. The first kappa shape index (κ1) is 13.6. The van der Waals surface area contributed by atoms with E-state index in [1.165, 1.54) is 48.9 Å². The lowest BCUT2D eigenvalue weighted by Crippen LogP contribution is -2.31. The van der Waals surface area contributed by atoms with Gasteiger partial charge >= 0.3 is 0 Å². The van der Waals surface area contributed by atoms with E-state index in [-0.39, 0.29) is 0 Å². The van der Waals surface area contributed by atoms with Gasteiger partial charge in [-0.2, -0.15) is 0 Å². The fraction of sp³-hybridized carbons (Fsp3) is 0.625. The summed E-state index contributed by atoms with van der Waals surface area (Å²) >= 11 is 3.55. The van der Waals surface area contributed by atoms with Crippen molar-refractivity contribution >= 4 is 15.9 Å². The van der Waals surface area contributed by atoms with Crippen LogP contribution in [-0.4, -0.2) is 31.6 Å². The van der Waals surface area contributed by atoms with Gasteiger partial charge in [0.15, 0.2) is 0 Å². The molecule has 1 aliphatic carbocycles. The van der Waals surface area contributed by atoms with Gasteiger partial charge in [0.25, 0.3) is 0 Å². The summed E-state index contributed by atoms with van der Waals surface area (Å²) in [5, 5.41) is 3.48. The van der Waals surface area contributed by atoms with E-state index < -0.39 is 0 Å². The van der Waals surface area contributed by atoms with Crippen molar-refractivity contribution in [2.45, 2.75) is 25.8 Å². The molecular weight excluding hydrogens is 300 g/mol. The number of benzene rings is 1. The fourth-order valence-electron chi connectivity index (χ4n) is 3.61. The molecule has 1 aromatic carbocycles. The second-order valence-corrected chi connectivity index (χ2v) is 7.26. The Balaban J connectivity index is 1.51. The second kappa shape index (κ2) is 5.55. The first-order valence-corrected chi connectivity index (χ1v) is 8.11. The Labute approximate surface area is 124 Å². The van der Waals surface area contributed by atoms with Gasteiger partial charge in [0.2, 0.25) is 0 Å². The summed E-state index contributed by atoms with van der Waals surface area (Å²) in [6.45, 7) is 4.77. The van der Waals surface area contributed by atoms with E-state index >= 15 is 0 Å². The van der Waals surface area contributed by atoms with Crippen molar-refractivity contribution in [3.05, 3.63) is 34.3 Å². The van der Waals surface area contributed by atoms with Crippen molar-refractivity contribution in [2.24, 2.45) is 11.3 Å². The topological polar surface area (TPSA) is 15.3 Å². The van der Waals surface area contributed by atoms with Crippen LogP contribution in [0.1, 0.15) is 24.8 Å². The number of halogens is 1. The van der Waals surface area contributed by atoms with Crippen LogP contribution in [0.25, 0.3) is 0 Å². The van der Waals surface area contributed by atoms with Crippen LogP contribution in [0, 0.1) is 11.3 Å². The molecule has 1 N–H and O–H groups in total. The van der Waals surface area contributed by atoms with Gasteiger partial charge in [-0.15, -0.1) is 0 Å². The van der Waals surface area contributed by atoms with Crippen molar-refractivity contribution < 1.29 is 0 Å². The van der Waals surface area contributed by atoms with Gasteiger partial charge < -0.3 is 10.2 Å². The molecule has 1 saturated carbocycles. The molecule has 2 aliphatic rings. The predicted octanol–water partition coefficient (Wildman–Crippen LogP) is 3.27. The minimum atomic E-state index is 0.705. The average molecular weight is 323 g/mol. The Kier molecular flexibility index (Phi) is 3.97. The van der Waals surface area contributed by atoms with E-state index in [1.54, 1.807) is 0 Å². The average Bonchev–Trinajstić information content (AvgIpc) is 3.01. The normalized spacial score (nSPS) is 24.9. The zero-order chi connectivity index (χ0) is 13.3. The fourth-order valence-corrected chi connectivity index (χ4v) is 4.06. The van der Waals surface area contributed by atoms with Crippen LogP contribution in [0.4, 0.5) is 0 Å². The lowest BCUT2D eigenvalue weighted by molar-refractivity contribution is 0.257. The Bertz CT molecular complexity index is 440. The van der Waals surface area contributed by atoms with E-state index in [4.69, 9.17) is 0 Å². The first-order chi connectivity index (χ1) is 9.18. The molecule has 3 rings (SSSR count). The SMILES string of the molecule is CN(Cc1cccc(Br)c1)CC1CC12CCNCC2. The minimum absolute atomic E-state index is 0.705. The number of hydrogen-bond donors (Lipinski definition) is 1. The molecular formula is C16H23BrN2. The van der Waals surface area contributed by atoms with E-state index in [0.717, 1.165) is 12.5 Å². The van der Waals surface area contributed by atoms with Crippen LogP contribution in [-0.2, 0) is 6.54 Å². The summed E-state index contributed by atoms with van der Waals surface area (Å²) in [7, 11) is 2.26. The Morgan fingerprint density at radius 2 is 2.16 bits per heavy atom. The van der Waals surface area contributed by atoms with Crippen molar-refractivity contribution in [3.8, 4) is 0 Å². The number of nitrogens with zero attached hydrogens (tertiary/aromatic N) is 1. The van der Waals surface area contributed by atoms with Crippen molar-refractivity contribution in [3.63, 3.8) is 0 Å². The smallest absolute Gasteiger partial charge is 0.0231 e. The molecule has 1 atom stereocenters. The third kappa shape index (κ3) is 3.21. The summed E-state index contributed by atoms with van der Waals surface area (Å²) < 4.78 is 1.18. The second-order valence-electron chi connectivity index (χ2n) is 6.34. The molecule has 0 aromatic heterocycles. The third-order valence-electron chi connectivity index (χ3n) is 4.83. The maximum absolute atomic E-state index is 3.55. The summed E-state index contributed by atoms with van der Waals surface area (Å²) in [5.41, 5.74) is 2.11. The van der Waals surface area contributed by atoms with Gasteiger partial charge in [0.05, 0.1) is 0 Å². The largest absolute Gasteiger partial charge is 0.317 e. The highest BCUT2D eigenvalue weighted by Gasteiger charge is 2.53. The van der Waals surface area contributed by atoms with Gasteiger partial charge in [-0.1, -0.05) is 28.1 Å². The number of hydrogen-bond acceptors (Lipinski definition) is 2.